The van der Waals surface area contributed by atoms with Gasteiger partial charge in [0.2, 0.25) is 0 Å². The van der Waals surface area contributed by atoms with E-state index >= 15 is 0 Å². The number of nitrogens with zero attached hydrogens (tertiary/aromatic N) is 1. The molecule has 1 unspecified atom stereocenters. The van der Waals surface area contributed by atoms with E-state index < -0.39 is 36.4 Å². The predicted octanol–water partition coefficient (Wildman–Crippen LogP) is 1.46. The van der Waals surface area contributed by atoms with E-state index in [0.29, 0.717) is 0 Å². The van der Waals surface area contributed by atoms with Crippen molar-refractivity contribution in [2.45, 2.75) is 32.4 Å². The molecule has 7 nitrogen and oxygen atoms in total. The van der Waals surface area contributed by atoms with Crippen LogP contribution in [0.1, 0.15) is 31.9 Å². The van der Waals surface area contributed by atoms with Crippen LogP contribution < -0.4 is 4.74 Å². The fourth-order valence-electron chi connectivity index (χ4n) is 2.75. The summed E-state index contributed by atoms with van der Waals surface area (Å²) in [7, 11) is 0. The smallest absolute Gasteiger partial charge is 0.326 e. The topological polar surface area (TPSA) is 107 Å². The van der Waals surface area contributed by atoms with Crippen molar-refractivity contribution in [1.29, 1.82) is 0 Å². The Hall–Kier alpha value is -2.45. The summed E-state index contributed by atoms with van der Waals surface area (Å²) in [6.07, 6.45) is 0.0243. The van der Waals surface area contributed by atoms with Gasteiger partial charge in [-0.1, -0.05) is 26.0 Å². The zero-order valence-corrected chi connectivity index (χ0v) is 14.6. The summed E-state index contributed by atoms with van der Waals surface area (Å²) in [5.74, 6) is -2.51. The third-order valence-corrected chi connectivity index (χ3v) is 4.02. The van der Waals surface area contributed by atoms with Crippen LogP contribution in [-0.4, -0.2) is 51.3 Å². The monoisotopic (exact) mass is 367 g/mol. The van der Waals surface area contributed by atoms with Crippen LogP contribution in [-0.2, 0) is 9.59 Å². The lowest BCUT2D eigenvalue weighted by Crippen LogP contribution is -2.43. The molecule has 0 saturated carbocycles. The molecule has 1 aromatic carbocycles. The summed E-state index contributed by atoms with van der Waals surface area (Å²) in [5, 5.41) is 28.0. The Morgan fingerprint density at radius 3 is 2.65 bits per heavy atom. The molecule has 1 heterocycles. The first kappa shape index (κ1) is 19.9. The molecule has 3 N–H and O–H groups in total. The van der Waals surface area contributed by atoms with Gasteiger partial charge in [-0.15, -0.1) is 0 Å². The number of rotatable bonds is 8. The Kier molecular flexibility index (Phi) is 6.33. The number of carbonyl (C=O) groups excluding carboxylic acids is 1. The number of carboxylic acid groups (broad SMARTS) is 1. The lowest BCUT2D eigenvalue weighted by atomic mass is 10.0. The molecule has 142 valence electrons. The second-order valence-electron chi connectivity index (χ2n) is 6.52. The van der Waals surface area contributed by atoms with Crippen molar-refractivity contribution >= 4 is 11.9 Å². The summed E-state index contributed by atoms with van der Waals surface area (Å²) in [4.78, 5) is 24.8. The van der Waals surface area contributed by atoms with Gasteiger partial charge in [0.05, 0.1) is 13.2 Å². The van der Waals surface area contributed by atoms with Crippen molar-refractivity contribution < 1.29 is 34.0 Å². The van der Waals surface area contributed by atoms with Gasteiger partial charge in [-0.05, 0) is 18.4 Å². The fraction of sp³-hybridized carbons (Fsp3) is 0.444. The molecule has 1 aliphatic rings. The highest BCUT2D eigenvalue weighted by atomic mass is 19.1. The van der Waals surface area contributed by atoms with Crippen LogP contribution in [0.4, 0.5) is 4.39 Å². The van der Waals surface area contributed by atoms with Gasteiger partial charge in [-0.25, -0.2) is 9.18 Å². The maximum absolute atomic E-state index is 14.4. The van der Waals surface area contributed by atoms with Crippen LogP contribution in [0.3, 0.4) is 0 Å². The Morgan fingerprint density at radius 2 is 2.08 bits per heavy atom. The molecule has 0 aliphatic carbocycles. The van der Waals surface area contributed by atoms with E-state index in [4.69, 9.17) is 9.84 Å². The third kappa shape index (κ3) is 4.39. The van der Waals surface area contributed by atoms with E-state index in [2.05, 4.69) is 0 Å². The van der Waals surface area contributed by atoms with Crippen molar-refractivity contribution in [1.82, 2.24) is 4.90 Å². The van der Waals surface area contributed by atoms with Crippen LogP contribution in [0.25, 0.3) is 0 Å². The van der Waals surface area contributed by atoms with E-state index in [1.165, 1.54) is 23.1 Å². The molecule has 0 aromatic heterocycles. The Balaban J connectivity index is 2.16. The molecule has 0 fully saturated rings. The maximum atomic E-state index is 14.4. The first-order valence-corrected chi connectivity index (χ1v) is 8.23. The zero-order chi connectivity index (χ0) is 19.4. The molecular formula is C18H22FNO6. The molecule has 1 amide bonds. The number of aliphatic hydroxyl groups excluding tert-OH is 2. The van der Waals surface area contributed by atoms with Gasteiger partial charge >= 0.3 is 5.97 Å². The second-order valence-corrected chi connectivity index (χ2v) is 6.52. The molecule has 1 aliphatic heterocycles. The second kappa shape index (κ2) is 8.29. The predicted molar refractivity (Wildman–Crippen MR) is 89.7 cm³/mol. The average Bonchev–Trinajstić information content (AvgIpc) is 2.93. The van der Waals surface area contributed by atoms with E-state index in [0.717, 1.165) is 6.08 Å². The highest BCUT2D eigenvalue weighted by molar-refractivity contribution is 5.94. The van der Waals surface area contributed by atoms with E-state index in [9.17, 15) is 24.2 Å². The molecule has 0 spiro atoms. The molecule has 1 aromatic rings. The van der Waals surface area contributed by atoms with Crippen molar-refractivity contribution in [2.24, 2.45) is 5.92 Å². The SMILES string of the molecule is CC(C)CC(C(=O)O)N1CC(Oc2cccc([C@H](O)CO)c2F)=CC1=O. The summed E-state index contributed by atoms with van der Waals surface area (Å²) >= 11 is 0. The number of amides is 1. The standard InChI is InChI=1S/C18H22FNO6/c1-10(2)6-13(18(24)25)20-8-11(7-16(20)23)26-15-5-3-4-12(17(15)19)14(22)9-21/h3-5,7,10,13-14,21-22H,6,8-9H2,1-2H3,(H,24,25)/t13?,14-/m1/s1. The number of halogens is 1. The van der Waals surface area contributed by atoms with Crippen molar-refractivity contribution in [3.8, 4) is 5.75 Å². The summed E-state index contributed by atoms with van der Waals surface area (Å²) in [6, 6.07) is 3.08. The number of carboxylic acids is 1. The molecule has 2 atom stereocenters. The summed E-state index contributed by atoms with van der Waals surface area (Å²) in [5.41, 5.74) is -0.130. The first-order chi connectivity index (χ1) is 12.2. The van der Waals surface area contributed by atoms with Crippen molar-refractivity contribution in [3.63, 3.8) is 0 Å². The molecule has 0 saturated heterocycles. The van der Waals surface area contributed by atoms with Crippen LogP contribution >= 0.6 is 0 Å². The molecule has 26 heavy (non-hydrogen) atoms. The number of ether oxygens (including phenoxy) is 1. The van der Waals surface area contributed by atoms with Gasteiger partial charge in [-0.3, -0.25) is 4.79 Å². The van der Waals surface area contributed by atoms with Crippen LogP contribution in [0.15, 0.2) is 30.0 Å². The van der Waals surface area contributed by atoms with Crippen LogP contribution in [0, 0.1) is 11.7 Å². The lowest BCUT2D eigenvalue weighted by molar-refractivity contribution is -0.148. The van der Waals surface area contributed by atoms with Crippen molar-refractivity contribution in [3.05, 3.63) is 41.4 Å². The van der Waals surface area contributed by atoms with Gasteiger partial charge in [0.25, 0.3) is 5.91 Å². The van der Waals surface area contributed by atoms with Gasteiger partial charge in [0, 0.05) is 11.6 Å². The molecular weight excluding hydrogens is 345 g/mol. The average molecular weight is 367 g/mol. The molecule has 8 heteroatoms. The van der Waals surface area contributed by atoms with E-state index in [-0.39, 0.29) is 36.0 Å². The number of carbonyl (C=O) groups is 2. The van der Waals surface area contributed by atoms with Crippen LogP contribution in [0.2, 0.25) is 0 Å². The minimum Gasteiger partial charge on any atom is -0.480 e. The highest BCUT2D eigenvalue weighted by Gasteiger charge is 2.34. The quantitative estimate of drug-likeness (QED) is 0.642. The third-order valence-electron chi connectivity index (χ3n) is 4.02. The van der Waals surface area contributed by atoms with E-state index in [1.54, 1.807) is 0 Å². The lowest BCUT2D eigenvalue weighted by Gasteiger charge is -2.25. The van der Waals surface area contributed by atoms with Gasteiger partial charge in [-0.2, -0.15) is 0 Å². The van der Waals surface area contributed by atoms with Crippen LogP contribution in [0.5, 0.6) is 5.75 Å². The minimum atomic E-state index is -1.39. The largest absolute Gasteiger partial charge is 0.480 e. The number of hydrogen-bond donors (Lipinski definition) is 3. The highest BCUT2D eigenvalue weighted by Crippen LogP contribution is 2.28. The Labute approximate surface area is 150 Å². The fourth-order valence-corrected chi connectivity index (χ4v) is 2.75. The van der Waals surface area contributed by atoms with E-state index in [1.807, 2.05) is 13.8 Å². The normalized spacial score (nSPS) is 16.6. The number of hydrogen-bond acceptors (Lipinski definition) is 5. The maximum Gasteiger partial charge on any atom is 0.326 e. The van der Waals surface area contributed by atoms with Gasteiger partial charge < -0.3 is 25.0 Å². The number of benzene rings is 1. The first-order valence-electron chi connectivity index (χ1n) is 8.23. The zero-order valence-electron chi connectivity index (χ0n) is 14.6. The molecule has 2 rings (SSSR count). The number of aliphatic hydroxyl groups is 2. The number of aliphatic carboxylic acids is 1. The molecule has 0 radical (unpaired) electrons. The van der Waals surface area contributed by atoms with Gasteiger partial charge in [0.15, 0.2) is 11.6 Å². The summed E-state index contributed by atoms with van der Waals surface area (Å²) in [6.45, 7) is 2.98. The Morgan fingerprint density at radius 1 is 1.38 bits per heavy atom. The minimum absolute atomic E-state index is 0.0722. The summed E-state index contributed by atoms with van der Waals surface area (Å²) < 4.78 is 19.8. The van der Waals surface area contributed by atoms with Gasteiger partial charge in [0.1, 0.15) is 17.9 Å². The Bertz CT molecular complexity index is 718. The van der Waals surface area contributed by atoms with Crippen molar-refractivity contribution in [2.75, 3.05) is 13.2 Å². The molecule has 0 bridgehead atoms.